The van der Waals surface area contributed by atoms with Gasteiger partial charge in [0.05, 0.1) is 23.8 Å². The van der Waals surface area contributed by atoms with E-state index in [0.29, 0.717) is 5.57 Å². The van der Waals surface area contributed by atoms with Gasteiger partial charge in [0, 0.05) is 18.2 Å². The van der Waals surface area contributed by atoms with Crippen molar-refractivity contribution in [2.24, 2.45) is 0 Å². The molecule has 0 amide bonds. The highest BCUT2D eigenvalue weighted by Crippen LogP contribution is 2.66. The van der Waals surface area contributed by atoms with Gasteiger partial charge in [-0.25, -0.2) is 18.5 Å². The topological polar surface area (TPSA) is 268 Å². The Hall–Kier alpha value is -1.77. The first kappa shape index (κ1) is 32.7. The van der Waals surface area contributed by atoms with E-state index in [1.54, 1.807) is 33.8 Å². The Bertz CT molecular complexity index is 1510. The van der Waals surface area contributed by atoms with Gasteiger partial charge in [-0.2, -0.15) is 13.7 Å². The molecule has 18 nitrogen and oxygen atoms in total. The van der Waals surface area contributed by atoms with E-state index < -0.39 is 70.8 Å². The Balaban J connectivity index is 1.76. The molecule has 0 aromatic carbocycles. The Morgan fingerprint density at radius 3 is 2.25 bits per heavy atom. The lowest BCUT2D eigenvalue weighted by molar-refractivity contribution is -0.184. The number of aromatic amines is 1. The third-order valence-corrected chi connectivity index (χ3v) is 9.67. The van der Waals surface area contributed by atoms with Crippen molar-refractivity contribution in [3.8, 4) is 11.8 Å². The number of rotatable bonds is 8. The van der Waals surface area contributed by atoms with E-state index in [2.05, 4.69) is 30.0 Å². The van der Waals surface area contributed by atoms with Crippen LogP contribution in [-0.2, 0) is 31.6 Å². The van der Waals surface area contributed by atoms with Crippen LogP contribution in [0, 0.1) is 11.8 Å². The van der Waals surface area contributed by atoms with Crippen LogP contribution in [0.25, 0.3) is 0 Å². The fourth-order valence-corrected chi connectivity index (χ4v) is 7.07. The zero-order valence-corrected chi connectivity index (χ0v) is 24.1. The van der Waals surface area contributed by atoms with E-state index in [-0.39, 0.29) is 12.0 Å². The lowest BCUT2D eigenvalue weighted by atomic mass is 9.97. The van der Waals surface area contributed by atoms with Gasteiger partial charge in [0.25, 0.3) is 5.56 Å². The van der Waals surface area contributed by atoms with Crippen LogP contribution in [0.3, 0.4) is 0 Å². The van der Waals surface area contributed by atoms with Crippen molar-refractivity contribution in [1.82, 2.24) is 14.6 Å². The standard InChI is InChI=1S/C19H28N3O15P3/c1-18(2)8-12(19(3,4)22(18)26)6-5-11-9-21(17(25)20-16(11)24)15-7-13(23)14(35-15)10-34-39(30,31)37-40(32,33)36-38(27,28)29/h8-9,13-15,23,26H,7,10H2,1-4H3,(H,30,31)(H,32,33)(H,20,24,25)(H2,27,28,29)/t13-,14+,15+/m0/s1. The van der Waals surface area contributed by atoms with Crippen LogP contribution in [0.1, 0.15) is 45.9 Å². The van der Waals surface area contributed by atoms with Crippen molar-refractivity contribution in [3.63, 3.8) is 0 Å². The largest absolute Gasteiger partial charge is 0.490 e. The molecule has 2 aliphatic heterocycles. The summed E-state index contributed by atoms with van der Waals surface area (Å²) >= 11 is 0. The normalized spacial score (nSPS) is 27.4. The summed E-state index contributed by atoms with van der Waals surface area (Å²) in [4.78, 5) is 62.8. The number of nitrogens with zero attached hydrogens (tertiary/aromatic N) is 2. The van der Waals surface area contributed by atoms with E-state index in [9.17, 15) is 43.4 Å². The molecule has 1 aromatic rings. The molecule has 40 heavy (non-hydrogen) atoms. The highest BCUT2D eigenvalue weighted by atomic mass is 31.3. The van der Waals surface area contributed by atoms with Gasteiger partial charge in [-0.15, -0.1) is 0 Å². The van der Waals surface area contributed by atoms with Gasteiger partial charge in [-0.1, -0.05) is 11.8 Å². The second-order valence-electron chi connectivity index (χ2n) is 9.86. The molecule has 7 N–H and O–H groups in total. The fraction of sp³-hybridized carbons (Fsp3) is 0.579. The zero-order valence-electron chi connectivity index (χ0n) is 21.4. The Kier molecular flexibility index (Phi) is 9.12. The van der Waals surface area contributed by atoms with Gasteiger partial charge in [-0.05, 0) is 33.8 Å². The number of hydrogen-bond donors (Lipinski definition) is 7. The minimum atomic E-state index is -5.74. The second-order valence-corrected chi connectivity index (χ2v) is 14.3. The number of phosphoric ester groups is 1. The lowest BCUT2D eigenvalue weighted by Gasteiger charge is -2.35. The van der Waals surface area contributed by atoms with Gasteiger partial charge < -0.3 is 34.6 Å². The maximum absolute atomic E-state index is 12.4. The molecule has 2 unspecified atom stereocenters. The van der Waals surface area contributed by atoms with Crippen LogP contribution in [0.5, 0.6) is 0 Å². The molecule has 1 fully saturated rings. The first-order valence-electron chi connectivity index (χ1n) is 11.2. The molecule has 3 heterocycles. The molecule has 1 saturated heterocycles. The van der Waals surface area contributed by atoms with Crippen LogP contribution < -0.4 is 11.2 Å². The summed E-state index contributed by atoms with van der Waals surface area (Å²) in [5.74, 6) is 5.49. The summed E-state index contributed by atoms with van der Waals surface area (Å²) in [5.41, 5.74) is -2.98. The van der Waals surface area contributed by atoms with Crippen LogP contribution >= 0.6 is 23.5 Å². The van der Waals surface area contributed by atoms with E-state index >= 15 is 0 Å². The predicted octanol–water partition coefficient (Wildman–Crippen LogP) is 0.0682. The first-order valence-corrected chi connectivity index (χ1v) is 15.8. The van der Waals surface area contributed by atoms with Crippen LogP contribution in [0.15, 0.2) is 27.4 Å². The number of hydroxylamine groups is 2. The molecule has 0 aliphatic carbocycles. The quantitative estimate of drug-likeness (QED) is 0.148. The molecular formula is C19H28N3O15P3. The number of H-pyrrole nitrogens is 1. The molecule has 21 heteroatoms. The van der Waals surface area contributed by atoms with Crippen molar-refractivity contribution in [2.45, 2.75) is 63.6 Å². The summed E-state index contributed by atoms with van der Waals surface area (Å²) in [6, 6.07) is 0. The average molecular weight is 631 g/mol. The van der Waals surface area contributed by atoms with Crippen LogP contribution in [0.2, 0.25) is 0 Å². The highest BCUT2D eigenvalue weighted by molar-refractivity contribution is 7.66. The third kappa shape index (κ3) is 7.74. The Labute approximate surface area is 226 Å². The number of phosphoric acid groups is 3. The van der Waals surface area contributed by atoms with Gasteiger partial charge in [0.1, 0.15) is 17.9 Å². The minimum Gasteiger partial charge on any atom is -0.390 e. The molecular weight excluding hydrogens is 603 g/mol. The minimum absolute atomic E-state index is 0.153. The molecule has 0 spiro atoms. The van der Waals surface area contributed by atoms with Gasteiger partial charge in [0.2, 0.25) is 0 Å². The van der Waals surface area contributed by atoms with Crippen molar-refractivity contribution in [3.05, 3.63) is 44.2 Å². The molecule has 0 saturated carbocycles. The van der Waals surface area contributed by atoms with Gasteiger partial charge >= 0.3 is 29.2 Å². The smallest absolute Gasteiger partial charge is 0.390 e. The summed E-state index contributed by atoms with van der Waals surface area (Å²) in [7, 11) is -16.8. The average Bonchev–Trinajstić information content (AvgIpc) is 3.19. The third-order valence-electron chi connectivity index (χ3n) is 5.86. The molecule has 3 rings (SSSR count). The fourth-order valence-electron chi connectivity index (χ4n) is 4.04. The number of ether oxygens (including phenoxy) is 1. The number of aliphatic hydroxyl groups excluding tert-OH is 1. The maximum atomic E-state index is 12.4. The molecule has 5 atom stereocenters. The monoisotopic (exact) mass is 631 g/mol. The maximum Gasteiger partial charge on any atom is 0.490 e. The predicted molar refractivity (Wildman–Crippen MR) is 132 cm³/mol. The van der Waals surface area contributed by atoms with E-state index in [1.165, 1.54) is 0 Å². The lowest BCUT2D eigenvalue weighted by Crippen LogP contribution is -2.47. The summed E-state index contributed by atoms with van der Waals surface area (Å²) in [6.45, 7) is 6.04. The van der Waals surface area contributed by atoms with Gasteiger partial charge in [0.15, 0.2) is 0 Å². The Morgan fingerprint density at radius 1 is 1.07 bits per heavy atom. The van der Waals surface area contributed by atoms with Crippen molar-refractivity contribution in [1.29, 1.82) is 0 Å². The molecule has 1 aromatic heterocycles. The molecule has 224 valence electrons. The first-order chi connectivity index (χ1) is 18.0. The van der Waals surface area contributed by atoms with Crippen LogP contribution in [0.4, 0.5) is 0 Å². The van der Waals surface area contributed by atoms with E-state index in [4.69, 9.17) is 14.5 Å². The summed E-state index contributed by atoms with van der Waals surface area (Å²) < 4.78 is 52.2. The SMILES string of the molecule is CC1(C)C=C(C#Cc2cn([C@H]3C[C@H](O)[C@@H](COP(=O)(O)OP(=O)(O)OP(=O)(O)O)O3)c(=O)[nH]c2=O)C(C)(C)N1O. The van der Waals surface area contributed by atoms with E-state index in [0.717, 1.165) is 15.8 Å². The van der Waals surface area contributed by atoms with Crippen LogP contribution in [-0.4, -0.2) is 74.4 Å². The van der Waals surface area contributed by atoms with E-state index in [1.807, 2.05) is 0 Å². The number of aliphatic hydroxyl groups is 1. The summed E-state index contributed by atoms with van der Waals surface area (Å²) in [5, 5.41) is 21.8. The number of nitrogens with one attached hydrogen (secondary N) is 1. The number of aromatic nitrogens is 2. The molecule has 0 radical (unpaired) electrons. The Morgan fingerprint density at radius 2 is 1.70 bits per heavy atom. The van der Waals surface area contributed by atoms with Crippen molar-refractivity contribution < 1.29 is 61.5 Å². The summed E-state index contributed by atoms with van der Waals surface area (Å²) in [6.07, 6.45) is -1.49. The second kappa shape index (κ2) is 11.1. The van der Waals surface area contributed by atoms with Gasteiger partial charge in [-0.3, -0.25) is 18.9 Å². The van der Waals surface area contributed by atoms with Crippen molar-refractivity contribution >= 4 is 23.5 Å². The molecule has 0 bridgehead atoms. The zero-order chi connectivity index (χ0) is 30.5. The van der Waals surface area contributed by atoms with Crippen molar-refractivity contribution in [2.75, 3.05) is 6.61 Å². The number of hydrogen-bond acceptors (Lipinski definition) is 12. The highest BCUT2D eigenvalue weighted by Gasteiger charge is 2.45. The molecule has 2 aliphatic rings.